The van der Waals surface area contributed by atoms with E-state index in [1.807, 2.05) is 104 Å². The van der Waals surface area contributed by atoms with Gasteiger partial charge in [-0.1, -0.05) is 86.6 Å². The number of para-hydroxylation sites is 4. The van der Waals surface area contributed by atoms with Crippen LogP contribution >= 0.6 is 0 Å². The number of benzene rings is 5. The number of hydrogen-bond acceptors (Lipinski definition) is 4. The molecule has 1 unspecified atom stereocenters. The average Bonchev–Trinajstić information content (AvgIpc) is 3.66. The van der Waals surface area contributed by atoms with E-state index in [1.54, 1.807) is 6.20 Å². The van der Waals surface area contributed by atoms with E-state index in [1.165, 1.54) is 5.56 Å². The molecule has 0 saturated heterocycles. The number of alkyl halides is 1. The number of imidazole rings is 1. The molecule has 6 heteroatoms. The summed E-state index contributed by atoms with van der Waals surface area (Å²) in [7, 11) is 2.00. The third-order valence-corrected chi connectivity index (χ3v) is 9.72. The van der Waals surface area contributed by atoms with Crippen molar-refractivity contribution in [3.8, 4) is 11.4 Å². The number of furan rings is 1. The van der Waals surface area contributed by atoms with Gasteiger partial charge in [-0.3, -0.25) is 4.90 Å². The summed E-state index contributed by atoms with van der Waals surface area (Å²) in [6.07, 6.45) is 0.332. The van der Waals surface area contributed by atoms with Crippen molar-refractivity contribution in [3.05, 3.63) is 150 Å². The summed E-state index contributed by atoms with van der Waals surface area (Å²) in [5.74, 6) is 1.56. The lowest BCUT2D eigenvalue weighted by Gasteiger charge is -2.42. The van der Waals surface area contributed by atoms with Crippen LogP contribution in [0.25, 0.3) is 44.4 Å². The molecule has 9 rings (SSSR count). The van der Waals surface area contributed by atoms with Gasteiger partial charge in [0.1, 0.15) is 22.8 Å². The standard InChI is InChI=1S/C41H31FN4O/c1-41(2)29-16-5-7-18-31(29)46(35-21-10-11-22-43-35)33-24-28(39-36(37(33)41)27-15-4-9-20-34(27)47-39)38(42)25-13-12-14-26(23-25)40-44-30-17-6-8-19-32(30)45(40)3/h4-24,38H,1-3H3. The maximum atomic E-state index is 17.4. The molecular formula is C41H31FN4O. The molecule has 3 aromatic heterocycles. The Morgan fingerprint density at radius 1 is 0.787 bits per heavy atom. The Kier molecular flexibility index (Phi) is 5.94. The molecule has 0 radical (unpaired) electrons. The van der Waals surface area contributed by atoms with Crippen molar-refractivity contribution < 1.29 is 8.81 Å². The highest BCUT2D eigenvalue weighted by Gasteiger charge is 2.41. The minimum absolute atomic E-state index is 0.410. The van der Waals surface area contributed by atoms with Crippen LogP contribution in [0, 0.1) is 0 Å². The number of rotatable bonds is 4. The van der Waals surface area contributed by atoms with Gasteiger partial charge in [0, 0.05) is 40.6 Å². The predicted molar refractivity (Wildman–Crippen MR) is 187 cm³/mol. The SMILES string of the molecule is Cn1c(-c2cccc(C(F)c3cc4c(c5c3oc3ccccc35)C(C)(C)c3ccccc3N4c3ccccn3)c2)nc2ccccc21. The Morgan fingerprint density at radius 3 is 2.43 bits per heavy atom. The largest absolute Gasteiger partial charge is 0.456 e. The van der Waals surface area contributed by atoms with Crippen LogP contribution in [-0.4, -0.2) is 14.5 Å². The Bertz CT molecular complexity index is 2490. The molecule has 0 saturated carbocycles. The fourth-order valence-electron chi connectivity index (χ4n) is 7.52. The zero-order valence-corrected chi connectivity index (χ0v) is 26.3. The molecule has 8 aromatic rings. The molecule has 0 fully saturated rings. The molecule has 0 bridgehead atoms. The molecule has 1 atom stereocenters. The molecule has 5 aromatic carbocycles. The van der Waals surface area contributed by atoms with Crippen molar-refractivity contribution in [2.24, 2.45) is 7.05 Å². The van der Waals surface area contributed by atoms with Crippen molar-refractivity contribution in [1.82, 2.24) is 14.5 Å². The van der Waals surface area contributed by atoms with E-state index in [0.717, 1.165) is 61.5 Å². The van der Waals surface area contributed by atoms with Crippen molar-refractivity contribution in [1.29, 1.82) is 0 Å². The van der Waals surface area contributed by atoms with Gasteiger partial charge in [-0.05, 0) is 65.2 Å². The smallest absolute Gasteiger partial charge is 0.154 e. The molecule has 47 heavy (non-hydrogen) atoms. The van der Waals surface area contributed by atoms with Gasteiger partial charge < -0.3 is 8.98 Å². The third kappa shape index (κ3) is 4.01. The highest BCUT2D eigenvalue weighted by Crippen LogP contribution is 2.56. The predicted octanol–water partition coefficient (Wildman–Crippen LogP) is 10.7. The number of aryl methyl sites for hydroxylation is 1. The molecule has 0 N–H and O–H groups in total. The number of hydrogen-bond donors (Lipinski definition) is 0. The van der Waals surface area contributed by atoms with Gasteiger partial charge in [0.25, 0.3) is 0 Å². The number of aromatic nitrogens is 3. The number of nitrogens with zero attached hydrogens (tertiary/aromatic N) is 4. The number of fused-ring (bicyclic) bond motifs is 7. The fraction of sp³-hybridized carbons (Fsp3) is 0.122. The Morgan fingerprint density at radius 2 is 1.57 bits per heavy atom. The summed E-state index contributed by atoms with van der Waals surface area (Å²) in [5, 5.41) is 1.90. The lowest BCUT2D eigenvalue weighted by molar-refractivity contribution is 0.401. The normalized spacial score (nSPS) is 14.4. The molecule has 0 amide bonds. The molecular weight excluding hydrogens is 583 g/mol. The quantitative estimate of drug-likeness (QED) is 0.198. The topological polar surface area (TPSA) is 47.1 Å². The molecule has 228 valence electrons. The van der Waals surface area contributed by atoms with Crippen LogP contribution in [0.1, 0.15) is 42.3 Å². The Balaban J connectivity index is 1.31. The lowest BCUT2D eigenvalue weighted by atomic mass is 9.71. The van der Waals surface area contributed by atoms with Gasteiger partial charge in [-0.15, -0.1) is 0 Å². The second-order valence-corrected chi connectivity index (χ2v) is 12.8. The monoisotopic (exact) mass is 614 g/mol. The van der Waals surface area contributed by atoms with Crippen LogP contribution in [0.2, 0.25) is 0 Å². The first-order chi connectivity index (χ1) is 22.9. The lowest BCUT2D eigenvalue weighted by Crippen LogP contribution is -2.31. The molecule has 5 nitrogen and oxygen atoms in total. The number of anilines is 3. The summed E-state index contributed by atoms with van der Waals surface area (Å²) in [6, 6.07) is 40.0. The van der Waals surface area contributed by atoms with Gasteiger partial charge in [-0.25, -0.2) is 14.4 Å². The van der Waals surface area contributed by atoms with Crippen LogP contribution in [-0.2, 0) is 12.5 Å². The van der Waals surface area contributed by atoms with E-state index in [4.69, 9.17) is 14.4 Å². The van der Waals surface area contributed by atoms with Crippen LogP contribution in [0.3, 0.4) is 0 Å². The highest BCUT2D eigenvalue weighted by atomic mass is 19.1. The van der Waals surface area contributed by atoms with Gasteiger partial charge in [-0.2, -0.15) is 0 Å². The van der Waals surface area contributed by atoms with Gasteiger partial charge in [0.05, 0.1) is 22.4 Å². The second-order valence-electron chi connectivity index (χ2n) is 12.8. The Labute approximate surface area is 271 Å². The van der Waals surface area contributed by atoms with E-state index in [2.05, 4.69) is 47.6 Å². The van der Waals surface area contributed by atoms with Gasteiger partial charge in [0.2, 0.25) is 0 Å². The van der Waals surface area contributed by atoms with Crippen molar-refractivity contribution in [2.45, 2.75) is 25.4 Å². The van der Waals surface area contributed by atoms with Crippen LogP contribution in [0.5, 0.6) is 0 Å². The minimum atomic E-state index is -1.47. The molecule has 1 aliphatic rings. The summed E-state index contributed by atoms with van der Waals surface area (Å²) in [5.41, 5.74) is 8.89. The third-order valence-electron chi connectivity index (χ3n) is 9.72. The van der Waals surface area contributed by atoms with Crippen LogP contribution < -0.4 is 4.90 Å². The maximum absolute atomic E-state index is 17.4. The second kappa shape index (κ2) is 10.1. The summed E-state index contributed by atoms with van der Waals surface area (Å²) in [4.78, 5) is 11.8. The van der Waals surface area contributed by atoms with Crippen LogP contribution in [0.4, 0.5) is 21.6 Å². The van der Waals surface area contributed by atoms with E-state index in [9.17, 15) is 0 Å². The first-order valence-corrected chi connectivity index (χ1v) is 15.9. The number of pyridine rings is 1. The summed E-state index contributed by atoms with van der Waals surface area (Å²) < 4.78 is 26.0. The molecule has 0 aliphatic carbocycles. The fourth-order valence-corrected chi connectivity index (χ4v) is 7.52. The minimum Gasteiger partial charge on any atom is -0.456 e. The zero-order valence-electron chi connectivity index (χ0n) is 26.3. The van der Waals surface area contributed by atoms with Gasteiger partial charge >= 0.3 is 0 Å². The van der Waals surface area contributed by atoms with Crippen molar-refractivity contribution in [2.75, 3.05) is 4.90 Å². The van der Waals surface area contributed by atoms with E-state index in [0.29, 0.717) is 16.7 Å². The zero-order chi connectivity index (χ0) is 31.9. The molecule has 1 aliphatic heterocycles. The first kappa shape index (κ1) is 27.6. The average molecular weight is 615 g/mol. The number of halogens is 1. The van der Waals surface area contributed by atoms with E-state index in [-0.39, 0.29) is 0 Å². The summed E-state index contributed by atoms with van der Waals surface area (Å²) >= 11 is 0. The summed E-state index contributed by atoms with van der Waals surface area (Å²) in [6.45, 7) is 4.49. The van der Waals surface area contributed by atoms with Crippen molar-refractivity contribution >= 4 is 50.2 Å². The maximum Gasteiger partial charge on any atom is 0.154 e. The molecule has 0 spiro atoms. The molecule has 4 heterocycles. The highest BCUT2D eigenvalue weighted by molar-refractivity contribution is 6.12. The first-order valence-electron chi connectivity index (χ1n) is 15.9. The van der Waals surface area contributed by atoms with Crippen LogP contribution in [0.15, 0.2) is 132 Å². The Hall–Kier alpha value is -5.75. The van der Waals surface area contributed by atoms with E-state index >= 15 is 4.39 Å². The van der Waals surface area contributed by atoms with Crippen molar-refractivity contribution in [3.63, 3.8) is 0 Å². The van der Waals surface area contributed by atoms with E-state index < -0.39 is 11.6 Å². The van der Waals surface area contributed by atoms with Gasteiger partial charge in [0.15, 0.2) is 6.17 Å².